The van der Waals surface area contributed by atoms with Crippen molar-refractivity contribution in [3.8, 4) is 0 Å². The Hall–Kier alpha value is -3.68. The number of hydrogen-bond donors (Lipinski definition) is 2. The van der Waals surface area contributed by atoms with Gasteiger partial charge in [-0.25, -0.2) is 9.37 Å². The number of anilines is 1. The van der Waals surface area contributed by atoms with Gasteiger partial charge in [0.2, 0.25) is 5.91 Å². The quantitative estimate of drug-likeness (QED) is 0.320. The SMILES string of the molecule is O=C(C=Cc1ccc(Cl)cc1Cl)Nc1ccc(C(C(=O)O)c2ccc3ocnc3c2)c(F)c1. The summed E-state index contributed by atoms with van der Waals surface area (Å²) in [5.41, 5.74) is 2.02. The Labute approximate surface area is 197 Å². The smallest absolute Gasteiger partial charge is 0.315 e. The first kappa shape index (κ1) is 22.5. The van der Waals surface area contributed by atoms with Gasteiger partial charge in [0.1, 0.15) is 17.3 Å². The molecule has 4 rings (SSSR count). The average Bonchev–Trinajstić information content (AvgIpc) is 3.23. The maximum atomic E-state index is 14.9. The second-order valence-corrected chi connectivity index (χ2v) is 7.92. The molecule has 1 amide bonds. The van der Waals surface area contributed by atoms with Crippen LogP contribution in [0.3, 0.4) is 0 Å². The molecule has 33 heavy (non-hydrogen) atoms. The number of halogens is 3. The highest BCUT2D eigenvalue weighted by Crippen LogP contribution is 2.31. The normalized spacial score (nSPS) is 12.2. The van der Waals surface area contributed by atoms with Crippen LogP contribution in [0, 0.1) is 5.82 Å². The van der Waals surface area contributed by atoms with Crippen molar-refractivity contribution in [3.63, 3.8) is 0 Å². The summed E-state index contributed by atoms with van der Waals surface area (Å²) in [5.74, 6) is -3.77. The van der Waals surface area contributed by atoms with Crippen molar-refractivity contribution in [2.45, 2.75) is 5.92 Å². The zero-order valence-electron chi connectivity index (χ0n) is 16.8. The van der Waals surface area contributed by atoms with Gasteiger partial charge in [-0.3, -0.25) is 9.59 Å². The number of carboxylic acids is 1. The molecule has 2 N–H and O–H groups in total. The molecular weight excluding hydrogens is 470 g/mol. The van der Waals surface area contributed by atoms with Gasteiger partial charge in [-0.15, -0.1) is 0 Å². The van der Waals surface area contributed by atoms with Crippen LogP contribution in [0.5, 0.6) is 0 Å². The molecule has 1 unspecified atom stereocenters. The largest absolute Gasteiger partial charge is 0.481 e. The van der Waals surface area contributed by atoms with E-state index in [0.29, 0.717) is 32.3 Å². The Balaban J connectivity index is 1.54. The van der Waals surface area contributed by atoms with Gasteiger partial charge in [0.15, 0.2) is 12.0 Å². The number of nitrogens with zero attached hydrogens (tertiary/aromatic N) is 1. The molecule has 6 nitrogen and oxygen atoms in total. The average molecular weight is 485 g/mol. The Bertz CT molecular complexity index is 1400. The van der Waals surface area contributed by atoms with E-state index in [9.17, 15) is 19.1 Å². The van der Waals surface area contributed by atoms with E-state index in [2.05, 4.69) is 10.3 Å². The Morgan fingerprint density at radius 2 is 1.91 bits per heavy atom. The van der Waals surface area contributed by atoms with Crippen LogP contribution in [-0.2, 0) is 9.59 Å². The molecule has 0 bridgehead atoms. The molecule has 1 heterocycles. The van der Waals surface area contributed by atoms with E-state index in [4.69, 9.17) is 27.6 Å². The lowest BCUT2D eigenvalue weighted by Crippen LogP contribution is -2.15. The number of benzene rings is 3. The molecule has 166 valence electrons. The molecular formula is C24H15Cl2FN2O4. The molecule has 0 aliphatic carbocycles. The number of aromatic nitrogens is 1. The van der Waals surface area contributed by atoms with Crippen LogP contribution in [0.1, 0.15) is 22.6 Å². The Kier molecular flexibility index (Phi) is 6.44. The van der Waals surface area contributed by atoms with Crippen LogP contribution in [0.15, 0.2) is 71.5 Å². The van der Waals surface area contributed by atoms with Gasteiger partial charge in [0.25, 0.3) is 0 Å². The minimum Gasteiger partial charge on any atom is -0.481 e. The van der Waals surface area contributed by atoms with Crippen molar-refractivity contribution in [2.24, 2.45) is 0 Å². The molecule has 0 aliphatic heterocycles. The zero-order valence-corrected chi connectivity index (χ0v) is 18.3. The second-order valence-electron chi connectivity index (χ2n) is 7.08. The minimum atomic E-state index is -1.26. The molecule has 4 aromatic rings. The number of carbonyl (C=O) groups excluding carboxylic acids is 1. The van der Waals surface area contributed by atoms with Crippen molar-refractivity contribution in [2.75, 3.05) is 5.32 Å². The van der Waals surface area contributed by atoms with Gasteiger partial charge in [-0.1, -0.05) is 41.4 Å². The van der Waals surface area contributed by atoms with E-state index in [1.807, 2.05) is 0 Å². The Morgan fingerprint density at radius 3 is 2.64 bits per heavy atom. The summed E-state index contributed by atoms with van der Waals surface area (Å²) in [6, 6.07) is 13.4. The summed E-state index contributed by atoms with van der Waals surface area (Å²) >= 11 is 11.9. The first-order chi connectivity index (χ1) is 15.8. The molecule has 1 atom stereocenters. The number of fused-ring (bicyclic) bond motifs is 1. The van der Waals surface area contributed by atoms with Gasteiger partial charge in [-0.2, -0.15) is 0 Å². The lowest BCUT2D eigenvalue weighted by Gasteiger charge is -2.15. The molecule has 0 saturated heterocycles. The summed E-state index contributed by atoms with van der Waals surface area (Å²) in [4.78, 5) is 28.2. The van der Waals surface area contributed by atoms with Gasteiger partial charge < -0.3 is 14.8 Å². The van der Waals surface area contributed by atoms with Gasteiger partial charge in [0.05, 0.1) is 0 Å². The van der Waals surface area contributed by atoms with Crippen molar-refractivity contribution in [3.05, 3.63) is 99.6 Å². The van der Waals surface area contributed by atoms with Gasteiger partial charge in [0, 0.05) is 27.4 Å². The fourth-order valence-corrected chi connectivity index (χ4v) is 3.81. The maximum Gasteiger partial charge on any atom is 0.315 e. The number of amides is 1. The van der Waals surface area contributed by atoms with Crippen molar-refractivity contribution >= 4 is 57.9 Å². The lowest BCUT2D eigenvalue weighted by molar-refractivity contribution is -0.137. The van der Waals surface area contributed by atoms with Gasteiger partial charge >= 0.3 is 5.97 Å². The summed E-state index contributed by atoms with van der Waals surface area (Å²) in [6.45, 7) is 0. The fraction of sp³-hybridized carbons (Fsp3) is 0.0417. The first-order valence-corrected chi connectivity index (χ1v) is 10.4. The standard InChI is InChI=1S/C24H15Cl2FN2O4/c25-15-4-1-13(18(26)10-15)3-8-22(30)29-16-5-6-17(19(27)11-16)23(24(31)32)14-2-7-21-20(9-14)28-12-33-21/h1-12,23H,(H,29,30)(H,31,32). The number of nitrogens with one attached hydrogen (secondary N) is 1. The van der Waals surface area contributed by atoms with Crippen LogP contribution in [0.2, 0.25) is 10.0 Å². The summed E-state index contributed by atoms with van der Waals surface area (Å²) < 4.78 is 20.1. The Morgan fingerprint density at radius 1 is 1.09 bits per heavy atom. The topological polar surface area (TPSA) is 92.4 Å². The predicted molar refractivity (Wildman–Crippen MR) is 124 cm³/mol. The highest BCUT2D eigenvalue weighted by molar-refractivity contribution is 6.35. The molecule has 1 aromatic heterocycles. The number of aliphatic carboxylic acids is 1. The fourth-order valence-electron chi connectivity index (χ4n) is 3.33. The monoisotopic (exact) mass is 484 g/mol. The lowest BCUT2D eigenvalue weighted by atomic mass is 9.90. The van der Waals surface area contributed by atoms with Crippen LogP contribution < -0.4 is 5.32 Å². The number of carboxylic acid groups (broad SMARTS) is 1. The number of hydrogen-bond acceptors (Lipinski definition) is 4. The van der Waals surface area contributed by atoms with E-state index in [-0.39, 0.29) is 11.3 Å². The van der Waals surface area contributed by atoms with Crippen LogP contribution in [-0.4, -0.2) is 22.0 Å². The van der Waals surface area contributed by atoms with E-state index in [1.54, 1.807) is 36.4 Å². The molecule has 0 aliphatic rings. The van der Waals surface area contributed by atoms with Crippen LogP contribution >= 0.6 is 23.2 Å². The summed E-state index contributed by atoms with van der Waals surface area (Å²) in [5, 5.41) is 13.1. The van der Waals surface area contributed by atoms with E-state index >= 15 is 0 Å². The zero-order chi connectivity index (χ0) is 23.5. The molecule has 0 spiro atoms. The van der Waals surface area contributed by atoms with Crippen LogP contribution in [0.25, 0.3) is 17.2 Å². The molecule has 3 aromatic carbocycles. The highest BCUT2D eigenvalue weighted by Gasteiger charge is 2.26. The van der Waals surface area contributed by atoms with Crippen molar-refractivity contribution < 1.29 is 23.5 Å². The molecule has 0 saturated carbocycles. The van der Waals surface area contributed by atoms with E-state index < -0.39 is 23.6 Å². The number of carbonyl (C=O) groups is 2. The second kappa shape index (κ2) is 9.44. The van der Waals surface area contributed by atoms with E-state index in [0.717, 1.165) is 6.07 Å². The van der Waals surface area contributed by atoms with Crippen molar-refractivity contribution in [1.82, 2.24) is 4.98 Å². The van der Waals surface area contributed by atoms with Crippen LogP contribution in [0.4, 0.5) is 10.1 Å². The van der Waals surface area contributed by atoms with Crippen molar-refractivity contribution in [1.29, 1.82) is 0 Å². The predicted octanol–water partition coefficient (Wildman–Crippen LogP) is 6.14. The minimum absolute atomic E-state index is 0.0492. The van der Waals surface area contributed by atoms with Gasteiger partial charge in [-0.05, 0) is 53.6 Å². The third-order valence-electron chi connectivity index (χ3n) is 4.89. The molecule has 0 radical (unpaired) electrons. The number of rotatable bonds is 6. The summed E-state index contributed by atoms with van der Waals surface area (Å²) in [7, 11) is 0. The summed E-state index contributed by atoms with van der Waals surface area (Å²) in [6.07, 6.45) is 3.99. The third kappa shape index (κ3) is 5.05. The first-order valence-electron chi connectivity index (χ1n) is 9.61. The number of oxazole rings is 1. The highest BCUT2D eigenvalue weighted by atomic mass is 35.5. The maximum absolute atomic E-state index is 14.9. The molecule has 0 fully saturated rings. The van der Waals surface area contributed by atoms with E-state index in [1.165, 1.54) is 30.7 Å². The molecule has 9 heteroatoms. The third-order valence-corrected chi connectivity index (χ3v) is 5.45.